The molecule has 2 amide bonds. The maximum Gasteiger partial charge on any atom is 0.434 e. The van der Waals surface area contributed by atoms with Crippen LogP contribution in [-0.4, -0.2) is 43.0 Å². The number of urea groups is 1. The molecule has 2 N–H and O–H groups in total. The molecular formula is C29H24F3N7O4S. The molecule has 6 rings (SSSR count). The van der Waals surface area contributed by atoms with Gasteiger partial charge in [-0.3, -0.25) is 14.9 Å². The largest absolute Gasteiger partial charge is 0.434 e. The molecule has 1 aliphatic rings. The van der Waals surface area contributed by atoms with Crippen molar-refractivity contribution >= 4 is 39.9 Å². The topological polar surface area (TPSA) is 145 Å². The number of amides is 2. The lowest BCUT2D eigenvalue weighted by molar-refractivity contribution is -0.140. The Morgan fingerprint density at radius 1 is 1.16 bits per heavy atom. The second-order valence-electron chi connectivity index (χ2n) is 10.2. The van der Waals surface area contributed by atoms with Crippen molar-refractivity contribution in [1.29, 1.82) is 0 Å². The summed E-state index contributed by atoms with van der Waals surface area (Å²) >= 11 is 0.781. The van der Waals surface area contributed by atoms with Crippen LogP contribution in [0, 0.1) is 0 Å². The van der Waals surface area contributed by atoms with Gasteiger partial charge in [0.25, 0.3) is 0 Å². The average molecular weight is 624 g/mol. The lowest BCUT2D eigenvalue weighted by Gasteiger charge is -2.14. The molecule has 5 aromatic rings. The Bertz CT molecular complexity index is 1980. The minimum atomic E-state index is -4.65. The predicted octanol–water partition coefficient (Wildman–Crippen LogP) is 5.86. The van der Waals surface area contributed by atoms with Gasteiger partial charge < -0.3 is 14.4 Å². The van der Waals surface area contributed by atoms with E-state index in [1.54, 1.807) is 29.7 Å². The molecule has 15 heteroatoms. The van der Waals surface area contributed by atoms with Crippen molar-refractivity contribution in [2.45, 2.75) is 45.3 Å². The molecule has 4 heterocycles. The van der Waals surface area contributed by atoms with E-state index in [1.165, 1.54) is 25.4 Å². The van der Waals surface area contributed by atoms with Gasteiger partial charge in [-0.05, 0) is 50.5 Å². The summed E-state index contributed by atoms with van der Waals surface area (Å²) in [5, 5.41) is 10.3. The Labute approximate surface area is 251 Å². The van der Waals surface area contributed by atoms with Crippen molar-refractivity contribution in [2.75, 3.05) is 11.9 Å². The van der Waals surface area contributed by atoms with Gasteiger partial charge in [-0.25, -0.2) is 14.8 Å². The van der Waals surface area contributed by atoms with Gasteiger partial charge in [-0.2, -0.15) is 18.2 Å². The number of thiazole rings is 1. The highest BCUT2D eigenvalue weighted by atomic mass is 32.1. The van der Waals surface area contributed by atoms with E-state index in [1.807, 2.05) is 0 Å². The van der Waals surface area contributed by atoms with Gasteiger partial charge in [0.05, 0.1) is 17.6 Å². The van der Waals surface area contributed by atoms with Gasteiger partial charge >= 0.3 is 12.2 Å². The molecule has 226 valence electrons. The zero-order chi connectivity index (χ0) is 31.2. The van der Waals surface area contributed by atoms with Gasteiger partial charge in [0.15, 0.2) is 22.7 Å². The first-order valence-corrected chi connectivity index (χ1v) is 14.5. The standard InChI is InChI=1S/C29H24F3N7O4S/c1-3-33-28(42)37-23-9-17(27-35-22(13-44-27)29(30,31)32)19(10-34-23)16-6-7-21-18(8-16)25(41)20(14(2)40)11-39(21)12-24-36-26(43-38-24)15-4-5-15/h6-11,13,15H,3-5,12H2,1-2H3,(H2,33,34,37,42). The molecule has 0 spiro atoms. The summed E-state index contributed by atoms with van der Waals surface area (Å²) in [4.78, 5) is 50.6. The maximum atomic E-state index is 13.5. The number of carbonyl (C=O) groups is 2. The van der Waals surface area contributed by atoms with Gasteiger partial charge in [-0.1, -0.05) is 11.2 Å². The van der Waals surface area contributed by atoms with E-state index in [4.69, 9.17) is 4.52 Å². The number of Topliss-reactive ketones (excluding diaryl/α,β-unsaturated/α-hetero) is 1. The molecule has 0 atom stereocenters. The first-order valence-electron chi connectivity index (χ1n) is 13.6. The Hall–Kier alpha value is -4.92. The Balaban J connectivity index is 1.47. The smallest absolute Gasteiger partial charge is 0.339 e. The number of alkyl halides is 3. The number of benzene rings is 1. The highest BCUT2D eigenvalue weighted by Crippen LogP contribution is 2.40. The number of nitrogens with zero attached hydrogens (tertiary/aromatic N) is 5. The van der Waals surface area contributed by atoms with E-state index in [0.29, 0.717) is 34.9 Å². The van der Waals surface area contributed by atoms with Crippen LogP contribution in [0.1, 0.15) is 60.4 Å². The van der Waals surface area contributed by atoms with E-state index >= 15 is 0 Å². The molecule has 0 unspecified atom stereocenters. The molecule has 11 nitrogen and oxygen atoms in total. The summed E-state index contributed by atoms with van der Waals surface area (Å²) in [7, 11) is 0. The number of hydrogen-bond donors (Lipinski definition) is 2. The van der Waals surface area contributed by atoms with Gasteiger partial charge in [0.1, 0.15) is 10.8 Å². The van der Waals surface area contributed by atoms with E-state index in [0.717, 1.165) is 29.6 Å². The quantitative estimate of drug-likeness (QED) is 0.205. The van der Waals surface area contributed by atoms with E-state index in [9.17, 15) is 27.6 Å². The fraction of sp³-hybridized carbons (Fsp3) is 0.276. The van der Waals surface area contributed by atoms with Gasteiger partial charge in [0.2, 0.25) is 5.89 Å². The van der Waals surface area contributed by atoms with Crippen LogP contribution in [0.25, 0.3) is 32.6 Å². The van der Waals surface area contributed by atoms with Gasteiger partial charge in [-0.15, -0.1) is 11.3 Å². The van der Waals surface area contributed by atoms with Crippen molar-refractivity contribution in [3.63, 3.8) is 0 Å². The third-order valence-electron chi connectivity index (χ3n) is 7.00. The number of nitrogens with one attached hydrogen (secondary N) is 2. The number of halogens is 3. The van der Waals surface area contributed by atoms with E-state index in [2.05, 4.69) is 30.7 Å². The Morgan fingerprint density at radius 2 is 1.95 bits per heavy atom. The van der Waals surface area contributed by atoms with Crippen molar-refractivity contribution < 1.29 is 27.3 Å². The zero-order valence-electron chi connectivity index (χ0n) is 23.4. The molecule has 1 fully saturated rings. The number of pyridine rings is 2. The molecule has 0 radical (unpaired) electrons. The summed E-state index contributed by atoms with van der Waals surface area (Å²) < 4.78 is 47.3. The highest BCUT2D eigenvalue weighted by Gasteiger charge is 2.34. The molecule has 1 saturated carbocycles. The first kappa shape index (κ1) is 29.2. The number of anilines is 1. The lowest BCUT2D eigenvalue weighted by Crippen LogP contribution is -2.28. The van der Waals surface area contributed by atoms with Crippen LogP contribution < -0.4 is 16.1 Å². The van der Waals surface area contributed by atoms with Crippen LogP contribution in [0.4, 0.5) is 23.8 Å². The van der Waals surface area contributed by atoms with Crippen molar-refractivity contribution in [3.8, 4) is 21.7 Å². The summed E-state index contributed by atoms with van der Waals surface area (Å²) in [6.45, 7) is 3.51. The number of rotatable bonds is 8. The lowest BCUT2D eigenvalue weighted by atomic mass is 9.99. The van der Waals surface area contributed by atoms with E-state index in [-0.39, 0.29) is 39.8 Å². The second-order valence-corrected chi connectivity index (χ2v) is 11.1. The van der Waals surface area contributed by atoms with Crippen LogP contribution in [-0.2, 0) is 12.7 Å². The van der Waals surface area contributed by atoms with Gasteiger partial charge in [0, 0.05) is 46.7 Å². The van der Waals surface area contributed by atoms with E-state index < -0.39 is 29.1 Å². The van der Waals surface area contributed by atoms with Crippen LogP contribution in [0.15, 0.2) is 51.4 Å². The predicted molar refractivity (Wildman–Crippen MR) is 156 cm³/mol. The number of aromatic nitrogens is 5. The highest BCUT2D eigenvalue weighted by molar-refractivity contribution is 7.13. The first-order chi connectivity index (χ1) is 21.0. The molecule has 4 aromatic heterocycles. The molecule has 0 aliphatic heterocycles. The third kappa shape index (κ3) is 5.82. The third-order valence-corrected chi connectivity index (χ3v) is 7.88. The summed E-state index contributed by atoms with van der Waals surface area (Å²) in [5.41, 5.74) is -0.0631. The van der Waals surface area contributed by atoms with Crippen LogP contribution in [0.3, 0.4) is 0 Å². The fourth-order valence-electron chi connectivity index (χ4n) is 4.71. The SMILES string of the molecule is CCNC(=O)Nc1cc(-c2nc(C(F)(F)F)cs2)c(-c2ccc3c(c2)c(=O)c(C(C)=O)cn3Cc2noc(C3CC3)n2)cn1. The number of hydrogen-bond acceptors (Lipinski definition) is 9. The van der Waals surface area contributed by atoms with Crippen molar-refractivity contribution in [3.05, 3.63) is 75.2 Å². The molecular weight excluding hydrogens is 599 g/mol. The maximum absolute atomic E-state index is 13.5. The summed E-state index contributed by atoms with van der Waals surface area (Å²) in [6.07, 6.45) is 0.164. The fourth-order valence-corrected chi connectivity index (χ4v) is 5.56. The number of carbonyl (C=O) groups excluding carboxylic acids is 2. The molecule has 1 aliphatic carbocycles. The summed E-state index contributed by atoms with van der Waals surface area (Å²) in [6, 6.07) is 5.80. The van der Waals surface area contributed by atoms with Crippen LogP contribution in [0.2, 0.25) is 0 Å². The normalized spacial score (nSPS) is 13.3. The zero-order valence-corrected chi connectivity index (χ0v) is 24.2. The molecule has 1 aromatic carbocycles. The Kier molecular flexibility index (Phi) is 7.49. The van der Waals surface area contributed by atoms with Crippen molar-refractivity contribution in [2.24, 2.45) is 0 Å². The molecule has 0 saturated heterocycles. The van der Waals surface area contributed by atoms with Crippen molar-refractivity contribution in [1.82, 2.24) is 30.0 Å². The van der Waals surface area contributed by atoms with Crippen LogP contribution >= 0.6 is 11.3 Å². The monoisotopic (exact) mass is 623 g/mol. The second kappa shape index (κ2) is 11.3. The molecule has 0 bridgehead atoms. The average Bonchev–Trinajstić information content (AvgIpc) is 3.50. The Morgan fingerprint density at radius 3 is 2.64 bits per heavy atom. The molecule has 44 heavy (non-hydrogen) atoms. The minimum absolute atomic E-state index is 0.0345. The number of fused-ring (bicyclic) bond motifs is 1. The summed E-state index contributed by atoms with van der Waals surface area (Å²) in [5.74, 6) is 0.856. The number of ketones is 1. The van der Waals surface area contributed by atoms with Crippen LogP contribution in [0.5, 0.6) is 0 Å². The minimum Gasteiger partial charge on any atom is -0.339 e.